The SMILES string of the molecule is CCN1CCN(Cc2ccc(NC(=O)COc3ccc(-c4ccc(N)nc4)cc3)cc2C(F)(F)F)CC1. The van der Waals surface area contributed by atoms with Gasteiger partial charge in [0.05, 0.1) is 5.56 Å². The van der Waals surface area contributed by atoms with E-state index < -0.39 is 17.6 Å². The number of amides is 1. The molecule has 196 valence electrons. The van der Waals surface area contributed by atoms with Gasteiger partial charge < -0.3 is 20.7 Å². The number of anilines is 2. The second-order valence-electron chi connectivity index (χ2n) is 8.91. The molecule has 0 spiro atoms. The number of nitrogens with two attached hydrogens (primary N) is 1. The van der Waals surface area contributed by atoms with Gasteiger partial charge in [-0.3, -0.25) is 9.69 Å². The Hall–Kier alpha value is -3.63. The zero-order chi connectivity index (χ0) is 26.4. The molecule has 7 nitrogen and oxygen atoms in total. The average molecular weight is 514 g/mol. The van der Waals surface area contributed by atoms with Crippen LogP contribution in [-0.2, 0) is 17.5 Å². The van der Waals surface area contributed by atoms with E-state index in [-0.39, 0.29) is 24.4 Å². The standard InChI is InChI=1S/C27H30F3N5O2/c1-2-34-11-13-35(14-12-34)17-21-3-7-22(15-24(21)27(28,29)30)33-26(36)18-37-23-8-4-19(5-9-23)20-6-10-25(31)32-16-20/h3-10,15-16H,2,11-14,17-18H2,1H3,(H2,31,32)(H,33,36). The topological polar surface area (TPSA) is 83.7 Å². The number of hydrogen-bond acceptors (Lipinski definition) is 6. The van der Waals surface area contributed by atoms with Crippen molar-refractivity contribution in [2.45, 2.75) is 19.6 Å². The fourth-order valence-electron chi connectivity index (χ4n) is 4.23. The Labute approximate surface area is 214 Å². The van der Waals surface area contributed by atoms with Gasteiger partial charge in [0.1, 0.15) is 11.6 Å². The van der Waals surface area contributed by atoms with Crippen LogP contribution < -0.4 is 15.8 Å². The van der Waals surface area contributed by atoms with Crippen LogP contribution in [0, 0.1) is 0 Å². The first kappa shape index (κ1) is 26.4. The second kappa shape index (κ2) is 11.6. The Balaban J connectivity index is 1.35. The number of pyridine rings is 1. The maximum absolute atomic E-state index is 13.8. The number of carbonyl (C=O) groups is 1. The van der Waals surface area contributed by atoms with Crippen LogP contribution in [0.5, 0.6) is 5.75 Å². The summed E-state index contributed by atoms with van der Waals surface area (Å²) in [4.78, 5) is 20.7. The van der Waals surface area contributed by atoms with Gasteiger partial charge in [-0.25, -0.2) is 4.98 Å². The van der Waals surface area contributed by atoms with Gasteiger partial charge in [-0.2, -0.15) is 13.2 Å². The lowest BCUT2D eigenvalue weighted by Gasteiger charge is -2.34. The molecular formula is C27H30F3N5O2. The molecule has 0 aliphatic carbocycles. The van der Waals surface area contributed by atoms with E-state index in [0.29, 0.717) is 11.6 Å². The monoisotopic (exact) mass is 513 g/mol. The van der Waals surface area contributed by atoms with Crippen LogP contribution in [0.25, 0.3) is 11.1 Å². The van der Waals surface area contributed by atoms with Gasteiger partial charge in [0.15, 0.2) is 6.61 Å². The first-order valence-corrected chi connectivity index (χ1v) is 12.1. The number of nitrogens with one attached hydrogen (secondary N) is 1. The smallest absolute Gasteiger partial charge is 0.416 e. The van der Waals surface area contributed by atoms with Gasteiger partial charge in [-0.05, 0) is 54.1 Å². The van der Waals surface area contributed by atoms with Crippen LogP contribution in [0.1, 0.15) is 18.1 Å². The average Bonchev–Trinajstić information content (AvgIpc) is 2.89. The molecule has 1 saturated heterocycles. The number of piperazine rings is 1. The van der Waals surface area contributed by atoms with Crippen LogP contribution in [0.15, 0.2) is 60.8 Å². The summed E-state index contributed by atoms with van der Waals surface area (Å²) in [6, 6.07) is 14.5. The first-order chi connectivity index (χ1) is 17.7. The van der Waals surface area contributed by atoms with Crippen molar-refractivity contribution >= 4 is 17.4 Å². The minimum absolute atomic E-state index is 0.0756. The summed E-state index contributed by atoms with van der Waals surface area (Å²) in [5.41, 5.74) is 6.92. The van der Waals surface area contributed by atoms with Gasteiger partial charge in [-0.15, -0.1) is 0 Å². The highest BCUT2D eigenvalue weighted by molar-refractivity contribution is 5.92. The third-order valence-corrected chi connectivity index (χ3v) is 6.35. The largest absolute Gasteiger partial charge is 0.484 e. The van der Waals surface area contributed by atoms with Crippen LogP contribution >= 0.6 is 0 Å². The van der Waals surface area contributed by atoms with Crippen molar-refractivity contribution in [1.29, 1.82) is 0 Å². The summed E-state index contributed by atoms with van der Waals surface area (Å²) in [6.45, 7) is 6.01. The lowest BCUT2D eigenvalue weighted by atomic mass is 10.0. The highest BCUT2D eigenvalue weighted by Crippen LogP contribution is 2.34. The number of nitrogens with zero attached hydrogens (tertiary/aromatic N) is 3. The van der Waals surface area contributed by atoms with Crippen molar-refractivity contribution in [2.24, 2.45) is 0 Å². The molecule has 0 saturated carbocycles. The number of hydrogen-bond donors (Lipinski definition) is 2. The maximum atomic E-state index is 13.8. The predicted molar refractivity (Wildman–Crippen MR) is 137 cm³/mol. The number of benzene rings is 2. The number of nitrogen functional groups attached to an aromatic ring is 1. The fourth-order valence-corrected chi connectivity index (χ4v) is 4.23. The molecule has 0 atom stereocenters. The highest BCUT2D eigenvalue weighted by Gasteiger charge is 2.34. The summed E-state index contributed by atoms with van der Waals surface area (Å²) in [5.74, 6) is 0.331. The van der Waals surface area contributed by atoms with E-state index in [1.54, 1.807) is 24.4 Å². The zero-order valence-electron chi connectivity index (χ0n) is 20.6. The molecule has 2 aromatic carbocycles. The number of aromatic nitrogens is 1. The molecule has 1 aromatic heterocycles. The van der Waals surface area contributed by atoms with E-state index in [4.69, 9.17) is 10.5 Å². The Morgan fingerprint density at radius 2 is 1.68 bits per heavy atom. The lowest BCUT2D eigenvalue weighted by Crippen LogP contribution is -2.45. The van der Waals surface area contributed by atoms with E-state index in [9.17, 15) is 18.0 Å². The van der Waals surface area contributed by atoms with Crippen LogP contribution in [0.3, 0.4) is 0 Å². The van der Waals surface area contributed by atoms with Gasteiger partial charge in [0.2, 0.25) is 0 Å². The number of likely N-dealkylation sites (N-methyl/N-ethyl adjacent to an activating group) is 1. The van der Waals surface area contributed by atoms with Crippen molar-refractivity contribution in [1.82, 2.24) is 14.8 Å². The number of halogens is 3. The molecule has 0 bridgehead atoms. The minimum atomic E-state index is -4.53. The molecule has 10 heteroatoms. The Morgan fingerprint density at radius 3 is 2.30 bits per heavy atom. The minimum Gasteiger partial charge on any atom is -0.484 e. The summed E-state index contributed by atoms with van der Waals surface area (Å²) in [5, 5.41) is 2.51. The predicted octanol–water partition coefficient (Wildman–Crippen LogP) is 4.50. The molecular weight excluding hydrogens is 483 g/mol. The summed E-state index contributed by atoms with van der Waals surface area (Å²) < 4.78 is 46.9. The summed E-state index contributed by atoms with van der Waals surface area (Å²) in [6.07, 6.45) is -2.87. The molecule has 1 aliphatic heterocycles. The van der Waals surface area contributed by atoms with Crippen molar-refractivity contribution in [3.05, 3.63) is 71.9 Å². The van der Waals surface area contributed by atoms with Crippen LogP contribution in [-0.4, -0.2) is 60.0 Å². The normalized spacial score (nSPS) is 14.9. The maximum Gasteiger partial charge on any atom is 0.416 e. The van der Waals surface area contributed by atoms with Crippen LogP contribution in [0.4, 0.5) is 24.7 Å². The molecule has 0 radical (unpaired) electrons. The number of alkyl halides is 3. The third kappa shape index (κ3) is 7.21. The number of carbonyl (C=O) groups excluding carboxylic acids is 1. The molecule has 1 fully saturated rings. The molecule has 4 rings (SSSR count). The molecule has 2 heterocycles. The number of ether oxygens (including phenoxy) is 1. The van der Waals surface area contributed by atoms with Crippen molar-refractivity contribution in [3.8, 4) is 16.9 Å². The van der Waals surface area contributed by atoms with Gasteiger partial charge in [0.25, 0.3) is 5.91 Å². The third-order valence-electron chi connectivity index (χ3n) is 6.35. The summed E-state index contributed by atoms with van der Waals surface area (Å²) >= 11 is 0. The Morgan fingerprint density at radius 1 is 1.00 bits per heavy atom. The fraction of sp³-hybridized carbons (Fsp3) is 0.333. The Kier molecular flexibility index (Phi) is 8.30. The molecule has 1 amide bonds. The highest BCUT2D eigenvalue weighted by atomic mass is 19.4. The van der Waals surface area contributed by atoms with E-state index >= 15 is 0 Å². The molecule has 3 aromatic rings. The van der Waals surface area contributed by atoms with E-state index in [1.165, 1.54) is 12.1 Å². The lowest BCUT2D eigenvalue weighted by molar-refractivity contribution is -0.138. The zero-order valence-corrected chi connectivity index (χ0v) is 20.6. The first-order valence-electron chi connectivity index (χ1n) is 12.1. The number of rotatable bonds is 8. The quantitative estimate of drug-likeness (QED) is 0.462. The van der Waals surface area contributed by atoms with Crippen molar-refractivity contribution < 1.29 is 22.7 Å². The Bertz CT molecular complexity index is 1190. The van der Waals surface area contributed by atoms with Gasteiger partial charge in [-0.1, -0.05) is 25.1 Å². The van der Waals surface area contributed by atoms with E-state index in [0.717, 1.165) is 49.9 Å². The van der Waals surface area contributed by atoms with Gasteiger partial charge in [0, 0.05) is 50.2 Å². The molecule has 0 unspecified atom stereocenters. The van der Waals surface area contributed by atoms with E-state index in [1.807, 2.05) is 23.1 Å². The second-order valence-corrected chi connectivity index (χ2v) is 8.91. The summed E-state index contributed by atoms with van der Waals surface area (Å²) in [7, 11) is 0. The van der Waals surface area contributed by atoms with Crippen LogP contribution in [0.2, 0.25) is 0 Å². The molecule has 1 aliphatic rings. The van der Waals surface area contributed by atoms with E-state index in [2.05, 4.69) is 22.1 Å². The molecule has 37 heavy (non-hydrogen) atoms. The molecule has 3 N–H and O–H groups in total. The van der Waals surface area contributed by atoms with Crippen molar-refractivity contribution in [3.63, 3.8) is 0 Å². The van der Waals surface area contributed by atoms with Gasteiger partial charge >= 0.3 is 6.18 Å². The van der Waals surface area contributed by atoms with Crippen molar-refractivity contribution in [2.75, 3.05) is 50.4 Å².